The third-order valence-electron chi connectivity index (χ3n) is 4.65. The molecule has 0 aromatic heterocycles. The molecule has 0 bridgehead atoms. The minimum absolute atomic E-state index is 0.0264. The molecule has 0 aromatic carbocycles. The summed E-state index contributed by atoms with van der Waals surface area (Å²) in [5.41, 5.74) is 0.0264. The second-order valence-electron chi connectivity index (χ2n) is 5.75. The Morgan fingerprint density at radius 3 is 2.50 bits per heavy atom. The molecule has 0 amide bonds. The van der Waals surface area contributed by atoms with E-state index in [9.17, 15) is 0 Å². The molecule has 2 aliphatic rings. The fourth-order valence-electron chi connectivity index (χ4n) is 3.39. The highest BCUT2D eigenvalue weighted by Gasteiger charge is 2.42. The van der Waals surface area contributed by atoms with Crippen LogP contribution >= 0.6 is 0 Å². The smallest absolute Gasteiger partial charge is 0.0878 e. The largest absolute Gasteiger partial charge is 0.381 e. The molecule has 0 radical (unpaired) electrons. The molecule has 2 rings (SSSR count). The molecule has 106 valence electrons. The zero-order valence-corrected chi connectivity index (χ0v) is 12.0. The second kappa shape index (κ2) is 6.88. The zero-order chi connectivity index (χ0) is 12.8. The molecule has 1 saturated heterocycles. The van der Waals surface area contributed by atoms with Crippen LogP contribution in [0.1, 0.15) is 52.4 Å². The van der Waals surface area contributed by atoms with Crippen LogP contribution in [0.15, 0.2) is 0 Å². The number of likely N-dealkylation sites (N-methyl/N-ethyl adjacent to an activating group) is 1. The molecule has 2 fully saturated rings. The molecule has 1 atom stereocenters. The van der Waals surface area contributed by atoms with Crippen molar-refractivity contribution in [2.45, 2.75) is 64.0 Å². The van der Waals surface area contributed by atoms with E-state index in [1.54, 1.807) is 0 Å². The maximum absolute atomic E-state index is 6.21. The minimum Gasteiger partial charge on any atom is -0.381 e. The Morgan fingerprint density at radius 2 is 2.00 bits per heavy atom. The van der Waals surface area contributed by atoms with Crippen LogP contribution in [-0.2, 0) is 9.47 Å². The molecule has 1 heterocycles. The summed E-state index contributed by atoms with van der Waals surface area (Å²) in [4.78, 5) is 0. The van der Waals surface area contributed by atoms with Gasteiger partial charge in [0.25, 0.3) is 0 Å². The van der Waals surface area contributed by atoms with E-state index in [4.69, 9.17) is 9.47 Å². The molecule has 3 heteroatoms. The van der Waals surface area contributed by atoms with Crippen LogP contribution in [0, 0.1) is 5.92 Å². The average Bonchev–Trinajstić information content (AvgIpc) is 2.33. The van der Waals surface area contributed by atoms with E-state index < -0.39 is 0 Å². The van der Waals surface area contributed by atoms with Gasteiger partial charge in [0.05, 0.1) is 5.60 Å². The number of hydrogen-bond acceptors (Lipinski definition) is 3. The van der Waals surface area contributed by atoms with Gasteiger partial charge in [-0.1, -0.05) is 26.2 Å². The second-order valence-corrected chi connectivity index (χ2v) is 5.75. The van der Waals surface area contributed by atoms with Gasteiger partial charge in [-0.05, 0) is 25.8 Å². The average molecular weight is 255 g/mol. The Kier molecular flexibility index (Phi) is 5.46. The van der Waals surface area contributed by atoms with Gasteiger partial charge in [-0.15, -0.1) is 0 Å². The van der Waals surface area contributed by atoms with Gasteiger partial charge in [0.2, 0.25) is 0 Å². The lowest BCUT2D eigenvalue weighted by Crippen LogP contribution is -2.56. The number of ether oxygens (including phenoxy) is 2. The van der Waals surface area contributed by atoms with Gasteiger partial charge in [-0.2, -0.15) is 0 Å². The first-order valence-electron chi connectivity index (χ1n) is 7.76. The van der Waals surface area contributed by atoms with Crippen molar-refractivity contribution >= 4 is 0 Å². The summed E-state index contributed by atoms with van der Waals surface area (Å²) in [6, 6.07) is 0.511. The Balaban J connectivity index is 2.01. The normalized spacial score (nSPS) is 25.7. The van der Waals surface area contributed by atoms with Crippen LogP contribution in [0.3, 0.4) is 0 Å². The first kappa shape index (κ1) is 14.3. The first-order chi connectivity index (χ1) is 8.80. The quantitative estimate of drug-likeness (QED) is 0.759. The monoisotopic (exact) mass is 255 g/mol. The lowest BCUT2D eigenvalue weighted by atomic mass is 9.74. The van der Waals surface area contributed by atoms with Crippen molar-refractivity contribution in [3.8, 4) is 0 Å². The van der Waals surface area contributed by atoms with E-state index >= 15 is 0 Å². The summed E-state index contributed by atoms with van der Waals surface area (Å²) in [7, 11) is 0. The number of rotatable bonds is 7. The molecule has 3 nitrogen and oxygen atoms in total. The zero-order valence-electron chi connectivity index (χ0n) is 12.0. The third kappa shape index (κ3) is 3.25. The molecule has 1 aliphatic carbocycles. The van der Waals surface area contributed by atoms with Gasteiger partial charge in [0.1, 0.15) is 0 Å². The molecular formula is C15H29NO2. The summed E-state index contributed by atoms with van der Waals surface area (Å²) < 4.78 is 11.7. The molecule has 18 heavy (non-hydrogen) atoms. The van der Waals surface area contributed by atoms with Crippen LogP contribution in [0.2, 0.25) is 0 Å². The van der Waals surface area contributed by atoms with Gasteiger partial charge in [-0.3, -0.25) is 0 Å². The standard InChI is InChI=1S/C15H29NO2/c1-3-16-14(12-13-6-5-7-13)15(18-4-2)8-10-17-11-9-15/h13-14,16H,3-12H2,1-2H3. The van der Waals surface area contributed by atoms with Crippen molar-refractivity contribution < 1.29 is 9.47 Å². The number of hydrogen-bond donors (Lipinski definition) is 1. The fourth-order valence-corrected chi connectivity index (χ4v) is 3.39. The van der Waals surface area contributed by atoms with Gasteiger partial charge >= 0.3 is 0 Å². The van der Waals surface area contributed by atoms with Gasteiger partial charge < -0.3 is 14.8 Å². The summed E-state index contributed by atoms with van der Waals surface area (Å²) in [5.74, 6) is 0.925. The van der Waals surface area contributed by atoms with Crippen LogP contribution in [-0.4, -0.2) is 38.0 Å². The molecule has 1 N–H and O–H groups in total. The Hall–Kier alpha value is -0.120. The summed E-state index contributed by atoms with van der Waals surface area (Å²) >= 11 is 0. The van der Waals surface area contributed by atoms with Gasteiger partial charge in [-0.25, -0.2) is 0 Å². The topological polar surface area (TPSA) is 30.5 Å². The molecule has 0 aromatic rings. The third-order valence-corrected chi connectivity index (χ3v) is 4.65. The molecular weight excluding hydrogens is 226 g/mol. The predicted molar refractivity (Wildman–Crippen MR) is 73.8 cm³/mol. The van der Waals surface area contributed by atoms with Crippen LogP contribution in [0.4, 0.5) is 0 Å². The molecule has 1 unspecified atom stereocenters. The van der Waals surface area contributed by atoms with Crippen molar-refractivity contribution in [2.24, 2.45) is 5.92 Å². The first-order valence-corrected chi connectivity index (χ1v) is 7.76. The highest BCUT2D eigenvalue weighted by Crippen LogP contribution is 2.37. The lowest BCUT2D eigenvalue weighted by Gasteiger charge is -2.45. The SMILES string of the molecule is CCNC(CC1CCC1)C1(OCC)CCOCC1. The van der Waals surface area contributed by atoms with E-state index in [2.05, 4.69) is 19.2 Å². The van der Waals surface area contributed by atoms with E-state index in [1.807, 2.05) is 0 Å². The lowest BCUT2D eigenvalue weighted by molar-refractivity contribution is -0.131. The summed E-state index contributed by atoms with van der Waals surface area (Å²) in [6.07, 6.45) is 7.64. The van der Waals surface area contributed by atoms with Crippen molar-refractivity contribution in [3.05, 3.63) is 0 Å². The highest BCUT2D eigenvalue weighted by molar-refractivity contribution is 4.96. The van der Waals surface area contributed by atoms with Crippen LogP contribution in [0.5, 0.6) is 0 Å². The van der Waals surface area contributed by atoms with Crippen molar-refractivity contribution in [2.75, 3.05) is 26.4 Å². The highest BCUT2D eigenvalue weighted by atomic mass is 16.5. The van der Waals surface area contributed by atoms with Crippen LogP contribution in [0.25, 0.3) is 0 Å². The fraction of sp³-hybridized carbons (Fsp3) is 1.00. The van der Waals surface area contributed by atoms with Crippen molar-refractivity contribution in [3.63, 3.8) is 0 Å². The van der Waals surface area contributed by atoms with Crippen LogP contribution < -0.4 is 5.32 Å². The molecule has 1 aliphatic heterocycles. The Bertz CT molecular complexity index is 229. The van der Waals surface area contributed by atoms with E-state index in [1.165, 1.54) is 25.7 Å². The molecule has 0 spiro atoms. The summed E-state index contributed by atoms with van der Waals surface area (Å²) in [5, 5.41) is 3.70. The molecule has 1 saturated carbocycles. The minimum atomic E-state index is 0.0264. The van der Waals surface area contributed by atoms with E-state index in [0.29, 0.717) is 6.04 Å². The Morgan fingerprint density at radius 1 is 1.28 bits per heavy atom. The maximum Gasteiger partial charge on any atom is 0.0878 e. The van der Waals surface area contributed by atoms with Gasteiger partial charge in [0.15, 0.2) is 0 Å². The van der Waals surface area contributed by atoms with Gasteiger partial charge in [0, 0.05) is 38.7 Å². The van der Waals surface area contributed by atoms with Crippen molar-refractivity contribution in [1.29, 1.82) is 0 Å². The van der Waals surface area contributed by atoms with Crippen molar-refractivity contribution in [1.82, 2.24) is 5.32 Å². The summed E-state index contributed by atoms with van der Waals surface area (Å²) in [6.45, 7) is 7.87. The predicted octanol–water partition coefficient (Wildman–Crippen LogP) is 2.74. The van der Waals surface area contributed by atoms with E-state index in [-0.39, 0.29) is 5.60 Å². The Labute approximate surface area is 112 Å². The maximum atomic E-state index is 6.21. The number of nitrogens with one attached hydrogen (secondary N) is 1. The van der Waals surface area contributed by atoms with E-state index in [0.717, 1.165) is 45.1 Å².